The fourth-order valence-corrected chi connectivity index (χ4v) is 3.06. The molecule has 0 bridgehead atoms. The van der Waals surface area contributed by atoms with Gasteiger partial charge >= 0.3 is 6.03 Å². The molecule has 144 valence electrons. The van der Waals surface area contributed by atoms with E-state index in [1.807, 2.05) is 0 Å². The van der Waals surface area contributed by atoms with Crippen LogP contribution in [0, 0.1) is 5.82 Å². The first-order valence-electron chi connectivity index (χ1n) is 8.52. The highest BCUT2D eigenvalue weighted by atomic mass is 19.1. The molecule has 28 heavy (non-hydrogen) atoms. The quantitative estimate of drug-likeness (QED) is 0.612. The van der Waals surface area contributed by atoms with E-state index in [4.69, 9.17) is 0 Å². The van der Waals surface area contributed by atoms with Gasteiger partial charge in [-0.15, -0.1) is 0 Å². The number of halogens is 1. The van der Waals surface area contributed by atoms with Crippen molar-refractivity contribution in [2.75, 3.05) is 11.9 Å². The highest BCUT2D eigenvalue weighted by Crippen LogP contribution is 2.29. The Morgan fingerprint density at radius 2 is 1.82 bits per heavy atom. The molecule has 0 aliphatic carbocycles. The van der Waals surface area contributed by atoms with E-state index >= 15 is 0 Å². The molecule has 0 radical (unpaired) electrons. The van der Waals surface area contributed by atoms with Crippen molar-refractivity contribution in [1.82, 2.24) is 10.2 Å². The summed E-state index contributed by atoms with van der Waals surface area (Å²) in [6.07, 6.45) is 0. The summed E-state index contributed by atoms with van der Waals surface area (Å²) in [4.78, 5) is 49.4. The highest BCUT2D eigenvalue weighted by molar-refractivity contribution is 6.11. The summed E-state index contributed by atoms with van der Waals surface area (Å²) in [6.45, 7) is 2.23. The van der Waals surface area contributed by atoms with E-state index in [0.29, 0.717) is 5.56 Å². The molecule has 2 aromatic carbocycles. The Kier molecular flexibility index (Phi) is 4.96. The van der Waals surface area contributed by atoms with Gasteiger partial charge in [-0.25, -0.2) is 9.18 Å². The Morgan fingerprint density at radius 3 is 2.43 bits per heavy atom. The number of rotatable bonds is 5. The summed E-state index contributed by atoms with van der Waals surface area (Å²) in [5.41, 5.74) is -0.794. The maximum Gasteiger partial charge on any atom is 0.325 e. The second kappa shape index (κ2) is 7.22. The molecule has 8 heteroatoms. The SMILES string of the molecule is CC(=O)Nc1ccc(C(=O)CN2C(=O)N[C@](C)(c3ccccc3)C2=O)c(F)c1. The Bertz CT molecular complexity index is 977. The lowest BCUT2D eigenvalue weighted by atomic mass is 9.92. The minimum atomic E-state index is -1.30. The summed E-state index contributed by atoms with van der Waals surface area (Å²) in [6, 6.07) is 11.5. The molecule has 1 saturated heterocycles. The summed E-state index contributed by atoms with van der Waals surface area (Å²) in [5.74, 6) is -2.55. The van der Waals surface area contributed by atoms with Gasteiger partial charge in [0.25, 0.3) is 5.91 Å². The van der Waals surface area contributed by atoms with E-state index in [2.05, 4.69) is 10.6 Å². The van der Waals surface area contributed by atoms with Gasteiger partial charge in [0.15, 0.2) is 5.78 Å². The van der Waals surface area contributed by atoms with Crippen LogP contribution in [-0.2, 0) is 15.1 Å². The lowest BCUT2D eigenvalue weighted by molar-refractivity contribution is -0.130. The van der Waals surface area contributed by atoms with Gasteiger partial charge in [-0.1, -0.05) is 30.3 Å². The molecule has 3 rings (SSSR count). The third kappa shape index (κ3) is 3.48. The standard InChI is InChI=1S/C20H18FN3O4/c1-12(25)22-14-8-9-15(16(21)10-14)17(26)11-24-18(27)20(2,23-19(24)28)13-6-4-3-5-7-13/h3-10H,11H2,1-2H3,(H,22,25)(H,23,28)/t20-/m1/s1. The number of carbonyl (C=O) groups excluding carboxylic acids is 4. The van der Waals surface area contributed by atoms with Crippen molar-refractivity contribution in [2.24, 2.45) is 0 Å². The van der Waals surface area contributed by atoms with Crippen molar-refractivity contribution in [3.63, 3.8) is 0 Å². The number of hydrogen-bond acceptors (Lipinski definition) is 4. The molecule has 1 heterocycles. The minimum Gasteiger partial charge on any atom is -0.326 e. The number of carbonyl (C=O) groups is 4. The molecule has 1 fully saturated rings. The summed E-state index contributed by atoms with van der Waals surface area (Å²) >= 11 is 0. The van der Waals surface area contributed by atoms with Crippen molar-refractivity contribution < 1.29 is 23.6 Å². The van der Waals surface area contributed by atoms with Gasteiger partial charge in [-0.05, 0) is 30.7 Å². The lowest BCUT2D eigenvalue weighted by Crippen LogP contribution is -2.41. The molecule has 2 aromatic rings. The second-order valence-electron chi connectivity index (χ2n) is 6.61. The van der Waals surface area contributed by atoms with Crippen molar-refractivity contribution in [3.05, 3.63) is 65.5 Å². The molecule has 0 spiro atoms. The van der Waals surface area contributed by atoms with Crippen molar-refractivity contribution in [1.29, 1.82) is 0 Å². The van der Waals surface area contributed by atoms with Crippen LogP contribution in [-0.4, -0.2) is 35.1 Å². The molecular formula is C20H18FN3O4. The number of ketones is 1. The highest BCUT2D eigenvalue weighted by Gasteiger charge is 2.49. The zero-order valence-corrected chi connectivity index (χ0v) is 15.3. The van der Waals surface area contributed by atoms with Crippen LogP contribution in [0.2, 0.25) is 0 Å². The van der Waals surface area contributed by atoms with E-state index in [1.165, 1.54) is 19.1 Å². The van der Waals surface area contributed by atoms with Gasteiger partial charge in [0.1, 0.15) is 11.4 Å². The molecule has 0 aromatic heterocycles. The van der Waals surface area contributed by atoms with Crippen LogP contribution < -0.4 is 10.6 Å². The maximum absolute atomic E-state index is 14.3. The number of amides is 4. The number of benzene rings is 2. The number of nitrogens with zero attached hydrogens (tertiary/aromatic N) is 1. The number of hydrogen-bond donors (Lipinski definition) is 2. The van der Waals surface area contributed by atoms with Crippen LogP contribution in [0.25, 0.3) is 0 Å². The van der Waals surface area contributed by atoms with Crippen molar-refractivity contribution in [3.8, 4) is 0 Å². The van der Waals surface area contributed by atoms with E-state index in [9.17, 15) is 23.6 Å². The van der Waals surface area contributed by atoms with E-state index in [1.54, 1.807) is 37.3 Å². The van der Waals surface area contributed by atoms with Crippen LogP contribution >= 0.6 is 0 Å². The topological polar surface area (TPSA) is 95.6 Å². The van der Waals surface area contributed by atoms with Gasteiger partial charge in [-0.3, -0.25) is 19.3 Å². The van der Waals surface area contributed by atoms with Crippen LogP contribution in [0.1, 0.15) is 29.8 Å². The van der Waals surface area contributed by atoms with Gasteiger partial charge in [0.2, 0.25) is 5.91 Å². The Balaban J connectivity index is 1.80. The number of urea groups is 1. The van der Waals surface area contributed by atoms with Crippen LogP contribution in [0.4, 0.5) is 14.9 Å². The first kappa shape index (κ1) is 19.2. The van der Waals surface area contributed by atoms with E-state index in [-0.39, 0.29) is 17.2 Å². The Labute approximate surface area is 160 Å². The molecule has 7 nitrogen and oxygen atoms in total. The molecule has 1 aliphatic heterocycles. The number of anilines is 1. The lowest BCUT2D eigenvalue weighted by Gasteiger charge is -2.22. The maximum atomic E-state index is 14.3. The summed E-state index contributed by atoms with van der Waals surface area (Å²) < 4.78 is 14.3. The molecule has 1 atom stereocenters. The first-order valence-corrected chi connectivity index (χ1v) is 8.52. The van der Waals surface area contributed by atoms with E-state index in [0.717, 1.165) is 11.0 Å². The smallest absolute Gasteiger partial charge is 0.325 e. The largest absolute Gasteiger partial charge is 0.326 e. The predicted octanol–water partition coefficient (Wildman–Crippen LogP) is 2.43. The van der Waals surface area contributed by atoms with Crippen LogP contribution in [0.3, 0.4) is 0 Å². The molecule has 4 amide bonds. The predicted molar refractivity (Wildman–Crippen MR) is 99.1 cm³/mol. The fourth-order valence-electron chi connectivity index (χ4n) is 3.06. The molecule has 0 unspecified atom stereocenters. The van der Waals surface area contributed by atoms with E-state index < -0.39 is 35.6 Å². The molecule has 1 aliphatic rings. The first-order chi connectivity index (χ1) is 13.2. The van der Waals surface area contributed by atoms with Gasteiger partial charge in [-0.2, -0.15) is 0 Å². The fraction of sp³-hybridized carbons (Fsp3) is 0.200. The summed E-state index contributed by atoms with van der Waals surface area (Å²) in [7, 11) is 0. The zero-order chi connectivity index (χ0) is 20.5. The minimum absolute atomic E-state index is 0.202. The van der Waals surface area contributed by atoms with Crippen molar-refractivity contribution >= 4 is 29.3 Å². The number of nitrogens with one attached hydrogen (secondary N) is 2. The average Bonchev–Trinajstić information content (AvgIpc) is 2.86. The van der Waals surface area contributed by atoms with Crippen LogP contribution in [0.5, 0.6) is 0 Å². The van der Waals surface area contributed by atoms with Crippen molar-refractivity contribution in [2.45, 2.75) is 19.4 Å². The van der Waals surface area contributed by atoms with Gasteiger partial charge in [0.05, 0.1) is 12.1 Å². The Morgan fingerprint density at radius 1 is 1.14 bits per heavy atom. The molecule has 0 saturated carbocycles. The number of imide groups is 1. The average molecular weight is 383 g/mol. The van der Waals surface area contributed by atoms with Crippen LogP contribution in [0.15, 0.2) is 48.5 Å². The normalized spacial score (nSPS) is 18.8. The number of Topliss-reactive ketones (excluding diaryl/α,β-unsaturated/α-hetero) is 1. The second-order valence-corrected chi connectivity index (χ2v) is 6.61. The Hall–Kier alpha value is -3.55. The van der Waals surface area contributed by atoms with Gasteiger partial charge < -0.3 is 10.6 Å². The van der Waals surface area contributed by atoms with Gasteiger partial charge in [0, 0.05) is 12.6 Å². The molecular weight excluding hydrogens is 365 g/mol. The zero-order valence-electron chi connectivity index (χ0n) is 15.3. The molecule has 2 N–H and O–H groups in total. The third-order valence-electron chi connectivity index (χ3n) is 4.52. The summed E-state index contributed by atoms with van der Waals surface area (Å²) in [5, 5.41) is 5.00. The monoisotopic (exact) mass is 383 g/mol. The third-order valence-corrected chi connectivity index (χ3v) is 4.52.